The lowest BCUT2D eigenvalue weighted by atomic mass is 9.98. The summed E-state index contributed by atoms with van der Waals surface area (Å²) in [7, 11) is 0. The molecule has 0 fully saturated rings. The Hall–Kier alpha value is -3.80. The number of nitrogens with one attached hydrogen (secondary N) is 1. The number of carboxylic acids is 1. The first-order valence-corrected chi connectivity index (χ1v) is 10.1. The number of rotatable bonds is 6. The van der Waals surface area contributed by atoms with Gasteiger partial charge in [-0.25, -0.2) is 9.59 Å². The Labute approximate surface area is 180 Å². The third-order valence-corrected chi connectivity index (χ3v) is 5.68. The molecule has 0 spiro atoms. The number of benzene rings is 3. The maximum Gasteiger partial charge on any atom is 0.407 e. The third-order valence-electron chi connectivity index (χ3n) is 5.68. The zero-order valence-corrected chi connectivity index (χ0v) is 17.0. The fourth-order valence-electron chi connectivity index (χ4n) is 4.11. The molecule has 1 aliphatic carbocycles. The molecule has 3 aromatic carbocycles. The van der Waals surface area contributed by atoms with E-state index >= 15 is 0 Å². The van der Waals surface area contributed by atoms with Gasteiger partial charge in [0.25, 0.3) is 0 Å². The molecule has 3 aromatic rings. The number of hydrogen-bond donors (Lipinski definition) is 3. The number of phenols is 1. The van der Waals surface area contributed by atoms with E-state index in [1.54, 1.807) is 19.1 Å². The number of carbonyl (C=O) groups excluding carboxylic acids is 1. The zero-order chi connectivity index (χ0) is 22.0. The molecule has 158 valence electrons. The van der Waals surface area contributed by atoms with Crippen molar-refractivity contribution in [2.75, 3.05) is 6.61 Å². The van der Waals surface area contributed by atoms with E-state index in [-0.39, 0.29) is 24.7 Å². The van der Waals surface area contributed by atoms with Crippen molar-refractivity contribution in [2.24, 2.45) is 0 Å². The van der Waals surface area contributed by atoms with Crippen molar-refractivity contribution in [3.63, 3.8) is 0 Å². The second-order valence-electron chi connectivity index (χ2n) is 7.68. The lowest BCUT2D eigenvalue weighted by Gasteiger charge is -2.18. The van der Waals surface area contributed by atoms with Gasteiger partial charge < -0.3 is 20.3 Å². The van der Waals surface area contributed by atoms with Crippen LogP contribution in [0.4, 0.5) is 4.79 Å². The van der Waals surface area contributed by atoms with E-state index in [4.69, 9.17) is 4.74 Å². The molecule has 1 amide bonds. The predicted molar refractivity (Wildman–Crippen MR) is 116 cm³/mol. The molecule has 1 atom stereocenters. The molecule has 6 heteroatoms. The second-order valence-corrected chi connectivity index (χ2v) is 7.68. The first kappa shape index (κ1) is 20.5. The number of phenolic OH excluding ortho intramolecular Hbond substituents is 1. The molecule has 0 heterocycles. The van der Waals surface area contributed by atoms with Crippen LogP contribution in [-0.4, -0.2) is 34.9 Å². The second kappa shape index (κ2) is 8.52. The number of carboxylic acid groups (broad SMARTS) is 1. The molecule has 3 N–H and O–H groups in total. The number of ether oxygens (including phenoxy) is 1. The van der Waals surface area contributed by atoms with Crippen LogP contribution >= 0.6 is 0 Å². The molecular weight excluding hydrogens is 394 g/mol. The van der Waals surface area contributed by atoms with Crippen molar-refractivity contribution in [3.05, 3.63) is 89.0 Å². The topological polar surface area (TPSA) is 95.9 Å². The van der Waals surface area contributed by atoms with E-state index in [1.165, 1.54) is 6.07 Å². The van der Waals surface area contributed by atoms with Crippen molar-refractivity contribution in [3.8, 4) is 16.9 Å². The highest BCUT2D eigenvalue weighted by molar-refractivity contribution is 5.81. The van der Waals surface area contributed by atoms with Crippen molar-refractivity contribution in [1.29, 1.82) is 0 Å². The summed E-state index contributed by atoms with van der Waals surface area (Å²) in [4.78, 5) is 24.1. The summed E-state index contributed by atoms with van der Waals surface area (Å²) in [6.07, 6.45) is -0.684. The first-order valence-electron chi connectivity index (χ1n) is 10.1. The molecule has 0 bridgehead atoms. The molecule has 1 aliphatic rings. The number of aromatic hydroxyl groups is 1. The molecule has 0 aliphatic heterocycles. The van der Waals surface area contributed by atoms with Crippen molar-refractivity contribution in [1.82, 2.24) is 5.32 Å². The minimum Gasteiger partial charge on any atom is -0.508 e. The van der Waals surface area contributed by atoms with E-state index in [9.17, 15) is 19.8 Å². The normalized spacial score (nSPS) is 13.2. The lowest BCUT2D eigenvalue weighted by molar-refractivity contribution is -0.139. The summed E-state index contributed by atoms with van der Waals surface area (Å²) in [6, 6.07) is 19.6. The highest BCUT2D eigenvalue weighted by Crippen LogP contribution is 2.44. The molecule has 0 unspecified atom stereocenters. The molecule has 0 saturated heterocycles. The Morgan fingerprint density at radius 3 is 2.19 bits per heavy atom. The molecule has 0 radical (unpaired) electrons. The number of aryl methyl sites for hydroxylation is 1. The van der Waals surface area contributed by atoms with Crippen molar-refractivity contribution < 1.29 is 24.5 Å². The number of aliphatic carboxylic acids is 1. The average molecular weight is 417 g/mol. The van der Waals surface area contributed by atoms with Gasteiger partial charge in [-0.3, -0.25) is 0 Å². The van der Waals surface area contributed by atoms with Gasteiger partial charge in [-0.05, 0) is 52.4 Å². The smallest absolute Gasteiger partial charge is 0.407 e. The number of hydrogen-bond acceptors (Lipinski definition) is 4. The van der Waals surface area contributed by atoms with Crippen LogP contribution in [-0.2, 0) is 16.0 Å². The minimum atomic E-state index is -1.15. The highest BCUT2D eigenvalue weighted by atomic mass is 16.5. The monoisotopic (exact) mass is 417 g/mol. The molecule has 6 nitrogen and oxygen atoms in total. The maximum absolute atomic E-state index is 12.4. The Morgan fingerprint density at radius 1 is 1.00 bits per heavy atom. The summed E-state index contributed by atoms with van der Waals surface area (Å²) in [5, 5.41) is 21.5. The Kier molecular flexibility index (Phi) is 5.62. The van der Waals surface area contributed by atoms with Crippen molar-refractivity contribution >= 4 is 12.1 Å². The average Bonchev–Trinajstić information content (AvgIpc) is 3.07. The number of carbonyl (C=O) groups is 2. The van der Waals surface area contributed by atoms with Crippen LogP contribution in [0.15, 0.2) is 66.7 Å². The van der Waals surface area contributed by atoms with Crippen LogP contribution in [0.25, 0.3) is 11.1 Å². The van der Waals surface area contributed by atoms with Crippen LogP contribution < -0.4 is 5.32 Å². The van der Waals surface area contributed by atoms with Crippen LogP contribution in [0.5, 0.6) is 5.75 Å². The Morgan fingerprint density at radius 2 is 1.61 bits per heavy atom. The van der Waals surface area contributed by atoms with E-state index < -0.39 is 18.1 Å². The quantitative estimate of drug-likeness (QED) is 0.558. The Balaban J connectivity index is 1.44. The van der Waals surface area contributed by atoms with Gasteiger partial charge in [-0.15, -0.1) is 0 Å². The number of fused-ring (bicyclic) bond motifs is 3. The van der Waals surface area contributed by atoms with Gasteiger partial charge in [-0.1, -0.05) is 54.6 Å². The van der Waals surface area contributed by atoms with Gasteiger partial charge in [0.15, 0.2) is 0 Å². The third kappa shape index (κ3) is 4.23. The zero-order valence-electron chi connectivity index (χ0n) is 17.0. The summed E-state index contributed by atoms with van der Waals surface area (Å²) >= 11 is 0. The van der Waals surface area contributed by atoms with Gasteiger partial charge >= 0.3 is 12.1 Å². The van der Waals surface area contributed by atoms with E-state index in [0.717, 1.165) is 33.4 Å². The van der Waals surface area contributed by atoms with Crippen LogP contribution in [0, 0.1) is 6.92 Å². The molecule has 0 aromatic heterocycles. The van der Waals surface area contributed by atoms with Gasteiger partial charge in [0.1, 0.15) is 18.4 Å². The molecule has 0 saturated carbocycles. The van der Waals surface area contributed by atoms with Gasteiger partial charge in [0.2, 0.25) is 0 Å². The predicted octanol–water partition coefficient (Wildman–Crippen LogP) is 4.24. The van der Waals surface area contributed by atoms with Crippen molar-refractivity contribution in [2.45, 2.75) is 25.3 Å². The molecule has 4 rings (SSSR count). The lowest BCUT2D eigenvalue weighted by Crippen LogP contribution is -2.43. The standard InChI is InChI=1S/C25H23NO5/c1-15-12-17(27)11-10-16(15)13-23(24(28)29)26-25(30)31-14-22-20-8-4-2-6-18(20)19-7-3-5-9-21(19)22/h2-12,22-23,27H,13-14H2,1H3,(H,26,30)(H,28,29)/t23-/m0/s1. The minimum absolute atomic E-state index is 0.0889. The number of amides is 1. The summed E-state index contributed by atoms with van der Waals surface area (Å²) < 4.78 is 5.45. The van der Waals surface area contributed by atoms with Crippen LogP contribution in [0.2, 0.25) is 0 Å². The summed E-state index contributed by atoms with van der Waals surface area (Å²) in [5.74, 6) is -1.14. The van der Waals surface area contributed by atoms with Crippen LogP contribution in [0.1, 0.15) is 28.2 Å². The first-order chi connectivity index (χ1) is 14.9. The largest absolute Gasteiger partial charge is 0.508 e. The van der Waals surface area contributed by atoms with E-state index in [2.05, 4.69) is 17.4 Å². The molecule has 31 heavy (non-hydrogen) atoms. The molecular formula is C25H23NO5. The maximum atomic E-state index is 12.4. The fourth-order valence-corrected chi connectivity index (χ4v) is 4.11. The van der Waals surface area contributed by atoms with Gasteiger partial charge in [0, 0.05) is 12.3 Å². The fraction of sp³-hybridized carbons (Fsp3) is 0.200. The van der Waals surface area contributed by atoms with E-state index in [1.807, 2.05) is 36.4 Å². The van der Waals surface area contributed by atoms with Gasteiger partial charge in [0.05, 0.1) is 0 Å². The number of alkyl carbamates (subject to hydrolysis) is 1. The summed E-state index contributed by atoms with van der Waals surface area (Å²) in [5.41, 5.74) is 5.90. The highest BCUT2D eigenvalue weighted by Gasteiger charge is 2.29. The SMILES string of the molecule is Cc1cc(O)ccc1C[C@H](NC(=O)OCC1c2ccccc2-c2ccccc21)C(=O)O. The summed E-state index contributed by atoms with van der Waals surface area (Å²) in [6.45, 7) is 1.89. The van der Waals surface area contributed by atoms with Crippen LogP contribution in [0.3, 0.4) is 0 Å². The van der Waals surface area contributed by atoms with E-state index in [0.29, 0.717) is 0 Å². The Bertz CT molecular complexity index is 1090. The van der Waals surface area contributed by atoms with Gasteiger partial charge in [-0.2, -0.15) is 0 Å².